The van der Waals surface area contributed by atoms with Crippen molar-refractivity contribution in [1.82, 2.24) is 5.32 Å². The Morgan fingerprint density at radius 1 is 0.366 bits per heavy atom. The molecule has 1 amide bonds. The van der Waals surface area contributed by atoms with Crippen LogP contribution in [0.4, 0.5) is 0 Å². The van der Waals surface area contributed by atoms with Gasteiger partial charge in [-0.2, -0.15) is 0 Å². The normalized spacial score (nSPS) is 26.9. The molecule has 3 heterocycles. The third-order valence-electron chi connectivity index (χ3n) is 19.1. The SMILES string of the molecule is CC/C=C\C/C=C\C/C=C\C/C=C\C/C=C\C/C=C\C/C=C\C/C=C\CCCCCCCCCCCCCCC(=O)NC(COC1OC(CO)C(OC2OC(CO)C(OC3OC(CO)C(O)C(O)C3O)C(O)C2O)C(O)C1O)C(O)/C=C/CCCCCCCCCCCCCCCCCCC. The van der Waals surface area contributed by atoms with E-state index in [1.54, 1.807) is 6.08 Å². The molecule has 0 saturated carbocycles. The summed E-state index contributed by atoms with van der Waals surface area (Å²) in [7, 11) is 0. The second-order valence-corrected chi connectivity index (χ2v) is 27.8. The van der Waals surface area contributed by atoms with Gasteiger partial charge in [0.25, 0.3) is 0 Å². The monoisotopic (exact) mass is 1430 g/mol. The first-order valence-electron chi connectivity index (χ1n) is 39.6. The quantitative estimate of drug-likeness (QED) is 0.0199. The highest BCUT2D eigenvalue weighted by Crippen LogP contribution is 2.33. The lowest BCUT2D eigenvalue weighted by molar-refractivity contribution is -0.379. The molecular formula is C82H141NO18. The van der Waals surface area contributed by atoms with Gasteiger partial charge in [0, 0.05) is 6.42 Å². The highest BCUT2D eigenvalue weighted by Gasteiger charge is 2.53. The summed E-state index contributed by atoms with van der Waals surface area (Å²) in [4.78, 5) is 13.5. The molecule has 12 N–H and O–H groups in total. The number of carbonyl (C=O) groups excluding carboxylic acids is 1. The summed E-state index contributed by atoms with van der Waals surface area (Å²) in [5, 5.41) is 121. The zero-order chi connectivity index (χ0) is 73.2. The number of allylic oxidation sites excluding steroid dienone is 17. The molecule has 17 atom stereocenters. The molecule has 0 radical (unpaired) electrons. The number of rotatable bonds is 61. The van der Waals surface area contributed by atoms with E-state index >= 15 is 0 Å². The first-order valence-corrected chi connectivity index (χ1v) is 39.6. The molecule has 3 aliphatic rings. The smallest absolute Gasteiger partial charge is 0.220 e. The van der Waals surface area contributed by atoms with E-state index in [-0.39, 0.29) is 18.9 Å². The molecule has 0 aromatic heterocycles. The lowest BCUT2D eigenvalue weighted by Gasteiger charge is -2.48. The molecule has 0 aliphatic carbocycles. The number of hydrogen-bond acceptors (Lipinski definition) is 18. The third kappa shape index (κ3) is 41.8. The van der Waals surface area contributed by atoms with E-state index < -0.39 is 124 Å². The van der Waals surface area contributed by atoms with Crippen molar-refractivity contribution in [2.45, 2.75) is 375 Å². The maximum Gasteiger partial charge on any atom is 0.220 e. The summed E-state index contributed by atoms with van der Waals surface area (Å²) in [6.07, 6.45) is 57.8. The van der Waals surface area contributed by atoms with E-state index in [2.05, 4.69) is 116 Å². The zero-order valence-corrected chi connectivity index (χ0v) is 62.1. The van der Waals surface area contributed by atoms with Gasteiger partial charge in [0.15, 0.2) is 18.9 Å². The van der Waals surface area contributed by atoms with Crippen molar-refractivity contribution in [2.24, 2.45) is 0 Å². The largest absolute Gasteiger partial charge is 0.394 e. The second-order valence-electron chi connectivity index (χ2n) is 27.8. The predicted molar refractivity (Wildman–Crippen MR) is 401 cm³/mol. The number of ether oxygens (including phenoxy) is 6. The molecule has 17 unspecified atom stereocenters. The van der Waals surface area contributed by atoms with E-state index in [4.69, 9.17) is 28.4 Å². The Kier molecular flexibility index (Phi) is 55.9. The van der Waals surface area contributed by atoms with Crippen molar-refractivity contribution in [3.05, 3.63) is 109 Å². The molecule has 3 rings (SSSR count). The van der Waals surface area contributed by atoms with E-state index in [0.29, 0.717) is 6.42 Å². The first kappa shape index (κ1) is 91.7. The molecule has 0 spiro atoms. The van der Waals surface area contributed by atoms with E-state index in [1.807, 2.05) is 6.08 Å². The van der Waals surface area contributed by atoms with Gasteiger partial charge >= 0.3 is 0 Å². The van der Waals surface area contributed by atoms with Gasteiger partial charge in [0.1, 0.15) is 73.2 Å². The molecule has 19 heteroatoms. The fourth-order valence-electron chi connectivity index (χ4n) is 12.7. The van der Waals surface area contributed by atoms with E-state index in [0.717, 1.165) is 109 Å². The molecule has 3 saturated heterocycles. The van der Waals surface area contributed by atoms with Crippen LogP contribution in [0, 0.1) is 0 Å². The maximum absolute atomic E-state index is 13.5. The highest BCUT2D eigenvalue weighted by atomic mass is 16.8. The van der Waals surface area contributed by atoms with Gasteiger partial charge in [0.2, 0.25) is 5.91 Å². The van der Waals surface area contributed by atoms with Crippen LogP contribution in [0.25, 0.3) is 0 Å². The van der Waals surface area contributed by atoms with Crippen molar-refractivity contribution in [2.75, 3.05) is 26.4 Å². The zero-order valence-electron chi connectivity index (χ0n) is 62.1. The Balaban J connectivity index is 1.36. The molecule has 0 aromatic carbocycles. The topological polar surface area (TPSA) is 307 Å². The van der Waals surface area contributed by atoms with Crippen molar-refractivity contribution in [1.29, 1.82) is 0 Å². The fourth-order valence-corrected chi connectivity index (χ4v) is 12.7. The van der Waals surface area contributed by atoms with Crippen molar-refractivity contribution < 1.29 is 89.4 Å². The molecule has 3 fully saturated rings. The fraction of sp³-hybridized carbons (Fsp3) is 0.768. The number of aliphatic hydroxyl groups is 11. The lowest BCUT2D eigenvalue weighted by atomic mass is 9.96. The molecule has 582 valence electrons. The van der Waals surface area contributed by atoms with Crippen LogP contribution < -0.4 is 5.32 Å². The van der Waals surface area contributed by atoms with Crippen molar-refractivity contribution in [3.8, 4) is 0 Å². The average molecular weight is 1430 g/mol. The molecular weight excluding hydrogens is 1290 g/mol. The minimum absolute atomic E-state index is 0.235. The highest BCUT2D eigenvalue weighted by molar-refractivity contribution is 5.76. The summed E-state index contributed by atoms with van der Waals surface area (Å²) in [6, 6.07) is -0.981. The average Bonchev–Trinajstić information content (AvgIpc) is 0.789. The van der Waals surface area contributed by atoms with Crippen LogP contribution >= 0.6 is 0 Å². The molecule has 101 heavy (non-hydrogen) atoms. The number of hydrogen-bond donors (Lipinski definition) is 12. The van der Waals surface area contributed by atoms with Gasteiger partial charge < -0.3 is 89.9 Å². The van der Waals surface area contributed by atoms with Gasteiger partial charge in [0.05, 0.1) is 38.6 Å². The van der Waals surface area contributed by atoms with Crippen LogP contribution in [-0.4, -0.2) is 193 Å². The lowest BCUT2D eigenvalue weighted by Crippen LogP contribution is -2.66. The van der Waals surface area contributed by atoms with Crippen LogP contribution in [0.15, 0.2) is 109 Å². The molecule has 0 aromatic rings. The Morgan fingerprint density at radius 2 is 0.683 bits per heavy atom. The predicted octanol–water partition coefficient (Wildman–Crippen LogP) is 12.9. The maximum atomic E-state index is 13.5. The van der Waals surface area contributed by atoms with Gasteiger partial charge in [-0.3, -0.25) is 4.79 Å². The number of nitrogens with one attached hydrogen (secondary N) is 1. The summed E-state index contributed by atoms with van der Waals surface area (Å²) in [6.45, 7) is 1.63. The number of aliphatic hydroxyl groups excluding tert-OH is 11. The van der Waals surface area contributed by atoms with Crippen LogP contribution in [0.1, 0.15) is 271 Å². The van der Waals surface area contributed by atoms with E-state index in [9.17, 15) is 61.0 Å². The van der Waals surface area contributed by atoms with Gasteiger partial charge in [-0.15, -0.1) is 0 Å². The number of unbranched alkanes of at least 4 members (excludes halogenated alkanes) is 29. The van der Waals surface area contributed by atoms with Crippen LogP contribution in [0.2, 0.25) is 0 Å². The Morgan fingerprint density at radius 3 is 1.07 bits per heavy atom. The van der Waals surface area contributed by atoms with Crippen LogP contribution in [0.3, 0.4) is 0 Å². The van der Waals surface area contributed by atoms with E-state index in [1.165, 1.54) is 135 Å². The summed E-state index contributed by atoms with van der Waals surface area (Å²) in [5.74, 6) is -0.280. The van der Waals surface area contributed by atoms with Crippen molar-refractivity contribution in [3.63, 3.8) is 0 Å². The van der Waals surface area contributed by atoms with Crippen molar-refractivity contribution >= 4 is 5.91 Å². The summed E-state index contributed by atoms with van der Waals surface area (Å²) < 4.78 is 34.4. The van der Waals surface area contributed by atoms with Crippen LogP contribution in [-0.2, 0) is 33.2 Å². The van der Waals surface area contributed by atoms with Gasteiger partial charge in [-0.05, 0) is 83.5 Å². The Bertz CT molecular complexity index is 2250. The first-order chi connectivity index (χ1) is 49.3. The second kappa shape index (κ2) is 61.6. The summed E-state index contributed by atoms with van der Waals surface area (Å²) >= 11 is 0. The van der Waals surface area contributed by atoms with Gasteiger partial charge in [-0.25, -0.2) is 0 Å². The number of amides is 1. The molecule has 3 aliphatic heterocycles. The minimum atomic E-state index is -1.98. The van der Waals surface area contributed by atoms with Crippen LogP contribution in [0.5, 0.6) is 0 Å². The van der Waals surface area contributed by atoms with Gasteiger partial charge in [-0.1, -0.05) is 290 Å². The molecule has 19 nitrogen and oxygen atoms in total. The Labute approximate surface area is 608 Å². The molecule has 0 bridgehead atoms. The summed E-state index contributed by atoms with van der Waals surface area (Å²) in [5.41, 5.74) is 0. The standard InChI is InChI=1S/C82H141NO18/c1-3-5-7-9-11-13-15-17-19-21-23-24-25-26-27-28-29-30-31-32-33-34-35-36-37-38-39-40-42-44-46-48-50-52-54-56-58-60-70(88)83-65(66(87)59-57-55-53-51-49-47-45-43-41-22-20-18-16-14-12-10-8-6-4-2)64-96-80-76(94)73(91)78(68(62-85)98-80)101-82-77(95)74(92)79(69(63-86)99-82)100-81-75(93)72(90)71(89)67(61-84)97-81/h5,7,11,13,17,19,23-24,26-27,29-30,32-33,35-36,57,59,65-69,71-82,84-87,89-95H,3-4,6,8-10,12,14-16,18,20-22,25,28,31,34,37-56,58,60-64H2,1-2H3,(H,83,88)/b7-5-,13-11-,19-17-,24-23-,27-26-,30-29-,33-32-,36-35-,59-57+. The Hall–Kier alpha value is -3.55. The number of carbonyl (C=O) groups is 1. The third-order valence-corrected chi connectivity index (χ3v) is 19.1. The minimum Gasteiger partial charge on any atom is -0.394 e.